The predicted octanol–water partition coefficient (Wildman–Crippen LogP) is 9.96. The number of hydrogen-bond acceptors (Lipinski definition) is 4. The summed E-state index contributed by atoms with van der Waals surface area (Å²) in [4.78, 5) is 23.6. The van der Waals surface area contributed by atoms with Gasteiger partial charge in [0.2, 0.25) is 0 Å². The van der Waals surface area contributed by atoms with E-state index in [0.29, 0.717) is 40.2 Å². The van der Waals surface area contributed by atoms with Crippen molar-refractivity contribution in [1.82, 2.24) is 23.7 Å². The van der Waals surface area contributed by atoms with Crippen molar-refractivity contribution in [1.29, 1.82) is 0 Å². The molecule has 0 atom stereocenters. The summed E-state index contributed by atoms with van der Waals surface area (Å²) in [7, 11) is 0. The Morgan fingerprint density at radius 3 is 2.10 bits per heavy atom. The second-order valence-corrected chi connectivity index (χ2v) is 14.2. The summed E-state index contributed by atoms with van der Waals surface area (Å²) < 4.78 is 11.9. The number of aromatic nitrogens is 5. The van der Waals surface area contributed by atoms with E-state index in [1.807, 2.05) is 85.2 Å². The molecule has 0 fully saturated rings. The number of nitrogens with zero attached hydrogens (tertiary/aromatic N) is 5. The van der Waals surface area contributed by atoms with Gasteiger partial charge in [-0.1, -0.05) is 90.9 Å². The van der Waals surface area contributed by atoms with Crippen LogP contribution in [-0.4, -0.2) is 23.7 Å². The Bertz CT molecular complexity index is 2350. The first-order valence-corrected chi connectivity index (χ1v) is 17.1. The van der Waals surface area contributed by atoms with Gasteiger partial charge in [-0.25, -0.2) is 9.78 Å². The minimum atomic E-state index is -0.235. The fourth-order valence-electron chi connectivity index (χ4n) is 6.44. The first-order chi connectivity index (χ1) is 24.0. The molecule has 0 aliphatic heterocycles. The zero-order chi connectivity index (χ0) is 35.2. The molecule has 3 heterocycles. The molecule has 0 bridgehead atoms. The van der Waals surface area contributed by atoms with Crippen molar-refractivity contribution in [2.45, 2.75) is 65.7 Å². The molecule has 0 aliphatic carbocycles. The van der Waals surface area contributed by atoms with Crippen molar-refractivity contribution < 1.29 is 25.8 Å². The second-order valence-electron chi connectivity index (χ2n) is 14.2. The summed E-state index contributed by atoms with van der Waals surface area (Å²) >= 11 is 0. The van der Waals surface area contributed by atoms with Gasteiger partial charge >= 0.3 is 26.8 Å². The van der Waals surface area contributed by atoms with E-state index in [-0.39, 0.29) is 32.2 Å². The largest absolute Gasteiger partial charge is 2.00 e. The second kappa shape index (κ2) is 14.3. The third-order valence-corrected chi connectivity index (χ3v) is 9.03. The van der Waals surface area contributed by atoms with E-state index < -0.39 is 0 Å². The van der Waals surface area contributed by atoms with Crippen LogP contribution in [0.15, 0.2) is 114 Å². The average molecular weight is 855 g/mol. The van der Waals surface area contributed by atoms with E-state index in [1.165, 1.54) is 11.1 Å². The number of rotatable bonds is 8. The molecule has 0 aliphatic rings. The number of ether oxygens (including phenoxy) is 1. The van der Waals surface area contributed by atoms with Crippen LogP contribution in [0.3, 0.4) is 0 Å². The van der Waals surface area contributed by atoms with Gasteiger partial charge in [-0.05, 0) is 69.2 Å². The number of pyridine rings is 1. The Morgan fingerprint density at radius 2 is 1.41 bits per heavy atom. The van der Waals surface area contributed by atoms with Crippen LogP contribution in [-0.2, 0) is 26.5 Å². The molecule has 7 nitrogen and oxygen atoms in total. The fraction of sp³-hybridized carbons (Fsp3) is 0.233. The van der Waals surface area contributed by atoms with Crippen LogP contribution in [0.4, 0.5) is 0 Å². The Kier molecular flexibility index (Phi) is 10.1. The van der Waals surface area contributed by atoms with Crippen molar-refractivity contribution in [3.8, 4) is 40.1 Å². The van der Waals surface area contributed by atoms with Crippen molar-refractivity contribution in [3.63, 3.8) is 0 Å². The van der Waals surface area contributed by atoms with Gasteiger partial charge in [0.1, 0.15) is 5.82 Å². The SMILES string of the molecule is CC(C)c1cccc(C(C)C)c1-n1ccnc1-c1[c-]c(Oc2[c-]c3c(cc2)n(-c2ccccc2)c(=O)n3-c2cc(C(C)(C)C)ccn2)ccc1.[Pt+2]. The predicted molar refractivity (Wildman–Crippen MR) is 200 cm³/mol. The van der Waals surface area contributed by atoms with Gasteiger partial charge < -0.3 is 13.9 Å². The summed E-state index contributed by atoms with van der Waals surface area (Å²) in [5, 5.41) is 0. The van der Waals surface area contributed by atoms with Gasteiger partial charge in [-0.2, -0.15) is 0 Å². The molecule has 8 heteroatoms. The molecule has 4 aromatic carbocycles. The number of imidazole rings is 2. The van der Waals surface area contributed by atoms with Crippen LogP contribution in [0, 0.1) is 12.1 Å². The molecular formula is C43H41N5O2Pt. The summed E-state index contributed by atoms with van der Waals surface area (Å²) in [5.41, 5.74) is 7.22. The zero-order valence-corrected chi connectivity index (χ0v) is 32.2. The Hall–Kier alpha value is -5.00. The van der Waals surface area contributed by atoms with E-state index in [9.17, 15) is 4.79 Å². The van der Waals surface area contributed by atoms with Crippen molar-refractivity contribution >= 4 is 11.0 Å². The zero-order valence-electron chi connectivity index (χ0n) is 29.9. The van der Waals surface area contributed by atoms with E-state index in [4.69, 9.17) is 9.72 Å². The molecule has 260 valence electrons. The molecule has 0 unspecified atom stereocenters. The standard InChI is InChI=1S/C43H41N5O2.Pt/c1-28(2)35-17-12-18-36(29(3)4)40(35)46-24-23-45-41(46)30-13-11-16-33(25-30)50-34-19-20-37-38(27-34)48(39-26-31(21-22-44-39)43(5,6)7)42(49)47(37)32-14-9-8-10-15-32;/h8-24,26,28-29H,1-7H3;/q-2;+2. The van der Waals surface area contributed by atoms with E-state index >= 15 is 0 Å². The smallest absolute Gasteiger partial charge is 0.503 e. The third-order valence-electron chi connectivity index (χ3n) is 9.03. The van der Waals surface area contributed by atoms with E-state index in [2.05, 4.69) is 88.3 Å². The molecule has 0 saturated heterocycles. The minimum Gasteiger partial charge on any atom is -0.503 e. The number of benzene rings is 4. The molecule has 51 heavy (non-hydrogen) atoms. The normalized spacial score (nSPS) is 11.7. The van der Waals surface area contributed by atoms with E-state index in [1.54, 1.807) is 15.3 Å². The summed E-state index contributed by atoms with van der Waals surface area (Å²) in [5.74, 6) is 2.94. The molecule has 7 rings (SSSR count). The summed E-state index contributed by atoms with van der Waals surface area (Å²) in [6.45, 7) is 15.3. The van der Waals surface area contributed by atoms with Crippen LogP contribution in [0.5, 0.6) is 11.5 Å². The fourth-order valence-corrected chi connectivity index (χ4v) is 6.44. The van der Waals surface area contributed by atoms with Gasteiger partial charge in [0.15, 0.2) is 0 Å². The Balaban J connectivity index is 0.00000448. The summed E-state index contributed by atoms with van der Waals surface area (Å²) in [6, 6.07) is 36.5. The number of para-hydroxylation sites is 2. The first kappa shape index (κ1) is 35.8. The molecular weight excluding hydrogens is 814 g/mol. The third kappa shape index (κ3) is 6.88. The maximum Gasteiger partial charge on any atom is 2.00 e. The topological polar surface area (TPSA) is 66.9 Å². The molecule has 7 aromatic rings. The summed E-state index contributed by atoms with van der Waals surface area (Å²) in [6.07, 6.45) is 5.60. The van der Waals surface area contributed by atoms with Gasteiger partial charge in [0.05, 0.1) is 5.82 Å². The quantitative estimate of drug-likeness (QED) is 0.143. The number of hydrogen-bond donors (Lipinski definition) is 0. The van der Waals surface area contributed by atoms with Crippen LogP contribution in [0.1, 0.15) is 77.0 Å². The Morgan fingerprint density at radius 1 is 0.725 bits per heavy atom. The monoisotopic (exact) mass is 854 g/mol. The van der Waals surface area contributed by atoms with Gasteiger partial charge in [-0.15, -0.1) is 42.0 Å². The Labute approximate surface area is 313 Å². The molecule has 0 N–H and O–H groups in total. The average Bonchev–Trinajstić information content (AvgIpc) is 3.70. The van der Waals surface area contributed by atoms with Crippen molar-refractivity contribution in [2.24, 2.45) is 0 Å². The van der Waals surface area contributed by atoms with Crippen LogP contribution in [0.25, 0.3) is 39.6 Å². The van der Waals surface area contributed by atoms with Gasteiger partial charge in [0.25, 0.3) is 0 Å². The number of fused-ring (bicyclic) bond motifs is 1. The van der Waals surface area contributed by atoms with Gasteiger partial charge in [-0.3, -0.25) is 9.55 Å². The first-order valence-electron chi connectivity index (χ1n) is 17.1. The van der Waals surface area contributed by atoms with Gasteiger partial charge in [0, 0.05) is 41.5 Å². The molecule has 3 aromatic heterocycles. The van der Waals surface area contributed by atoms with Crippen LogP contribution >= 0.6 is 0 Å². The molecule has 0 saturated carbocycles. The van der Waals surface area contributed by atoms with Crippen molar-refractivity contribution in [2.75, 3.05) is 0 Å². The van der Waals surface area contributed by atoms with Crippen LogP contribution in [0.2, 0.25) is 0 Å². The molecule has 0 spiro atoms. The molecule has 0 amide bonds. The van der Waals surface area contributed by atoms with Crippen molar-refractivity contribution in [3.05, 3.63) is 149 Å². The minimum absolute atomic E-state index is 0. The molecule has 0 radical (unpaired) electrons. The maximum atomic E-state index is 14.2. The van der Waals surface area contributed by atoms with E-state index in [0.717, 1.165) is 28.3 Å². The van der Waals surface area contributed by atoms with Crippen LogP contribution < -0.4 is 10.4 Å². The maximum absolute atomic E-state index is 14.2.